The maximum Gasteiger partial charge on any atom is 0.573 e. The maximum atomic E-state index is 12.4. The first-order chi connectivity index (χ1) is 10.2. The van der Waals surface area contributed by atoms with E-state index in [1.807, 2.05) is 0 Å². The summed E-state index contributed by atoms with van der Waals surface area (Å²) in [5.74, 6) is -0.543. The molecule has 5 N–H and O–H groups in total. The molecule has 1 aromatic carbocycles. The zero-order valence-electron chi connectivity index (χ0n) is 10.4. The van der Waals surface area contributed by atoms with E-state index in [4.69, 9.17) is 11.5 Å². The second-order valence-electron chi connectivity index (χ2n) is 3.85. The first-order valence-electron chi connectivity index (χ1n) is 5.43. The minimum absolute atomic E-state index is 0.0211. The molecule has 2 aromatic rings. The fraction of sp³-hybridized carbons (Fsp3) is 0.100. The Bertz CT molecular complexity index is 711. The number of alkyl halides is 3. The first-order valence-corrected chi connectivity index (χ1v) is 7.02. The summed E-state index contributed by atoms with van der Waals surface area (Å²) >= 11 is 6.15. The van der Waals surface area contributed by atoms with Crippen LogP contribution in [0.2, 0.25) is 0 Å². The highest BCUT2D eigenvalue weighted by atomic mass is 79.9. The lowest BCUT2D eigenvalue weighted by Gasteiger charge is -2.12. The normalized spacial score (nSPS) is 12.0. The van der Waals surface area contributed by atoms with E-state index in [0.717, 1.165) is 6.07 Å². The number of nitrogens with zero attached hydrogens (tertiary/aromatic N) is 3. The summed E-state index contributed by atoms with van der Waals surface area (Å²) in [7, 11) is 0. The average molecular weight is 444 g/mol. The summed E-state index contributed by atoms with van der Waals surface area (Å²) in [5, 5.41) is 13.4. The monoisotopic (exact) mass is 442 g/mol. The lowest BCUT2D eigenvalue weighted by Crippen LogP contribution is -2.17. The molecule has 0 aliphatic rings. The van der Waals surface area contributed by atoms with Crippen LogP contribution >= 0.6 is 31.9 Å². The van der Waals surface area contributed by atoms with Crippen molar-refractivity contribution in [1.82, 2.24) is 10.2 Å². The van der Waals surface area contributed by atoms with Crippen LogP contribution < -0.4 is 16.2 Å². The maximum absolute atomic E-state index is 12.4. The van der Waals surface area contributed by atoms with E-state index in [1.54, 1.807) is 0 Å². The molecular formula is C10H7Br2F3N6O. The molecule has 0 bridgehead atoms. The van der Waals surface area contributed by atoms with Crippen LogP contribution in [0.5, 0.6) is 5.75 Å². The molecule has 1 aromatic heterocycles. The largest absolute Gasteiger partial charge is 0.573 e. The van der Waals surface area contributed by atoms with Crippen molar-refractivity contribution < 1.29 is 17.9 Å². The summed E-state index contributed by atoms with van der Waals surface area (Å²) < 4.78 is 41.9. The number of azo groups is 1. The predicted octanol–water partition coefficient (Wildman–Crippen LogP) is 4.41. The van der Waals surface area contributed by atoms with Crippen LogP contribution in [-0.2, 0) is 0 Å². The molecule has 0 spiro atoms. The van der Waals surface area contributed by atoms with Crippen molar-refractivity contribution in [1.29, 1.82) is 0 Å². The molecule has 0 fully saturated rings. The van der Waals surface area contributed by atoms with Crippen LogP contribution in [0.3, 0.4) is 0 Å². The molecule has 0 atom stereocenters. The number of aromatic nitrogens is 2. The highest BCUT2D eigenvalue weighted by Gasteiger charge is 2.33. The molecule has 118 valence electrons. The second-order valence-corrected chi connectivity index (χ2v) is 5.62. The molecule has 0 aliphatic heterocycles. The molecule has 1 heterocycles. The fourth-order valence-corrected chi connectivity index (χ4v) is 2.68. The van der Waals surface area contributed by atoms with E-state index in [2.05, 4.69) is 57.0 Å². The summed E-state index contributed by atoms with van der Waals surface area (Å²) in [5.41, 5.74) is 10.9. The lowest BCUT2D eigenvalue weighted by atomic mass is 10.3. The molecule has 2 rings (SSSR count). The van der Waals surface area contributed by atoms with E-state index in [0.29, 0.717) is 4.47 Å². The Morgan fingerprint density at radius 1 is 1.14 bits per heavy atom. The van der Waals surface area contributed by atoms with Gasteiger partial charge in [-0.2, -0.15) is 5.10 Å². The molecule has 0 radical (unpaired) electrons. The predicted molar refractivity (Wildman–Crippen MR) is 80.1 cm³/mol. The summed E-state index contributed by atoms with van der Waals surface area (Å²) in [4.78, 5) is 0. The number of rotatable bonds is 3. The summed E-state index contributed by atoms with van der Waals surface area (Å²) in [6.45, 7) is 0. The molecule has 0 amide bonds. The first kappa shape index (κ1) is 16.5. The number of benzene rings is 1. The van der Waals surface area contributed by atoms with Crippen molar-refractivity contribution in [2.45, 2.75) is 6.36 Å². The van der Waals surface area contributed by atoms with Crippen LogP contribution in [0.4, 0.5) is 36.2 Å². The van der Waals surface area contributed by atoms with Gasteiger partial charge in [0.2, 0.25) is 0 Å². The summed E-state index contributed by atoms with van der Waals surface area (Å²) in [6, 6.07) is 2.59. The Morgan fingerprint density at radius 2 is 1.77 bits per heavy atom. The van der Waals surface area contributed by atoms with Gasteiger partial charge >= 0.3 is 6.36 Å². The van der Waals surface area contributed by atoms with E-state index in [9.17, 15) is 13.2 Å². The van der Waals surface area contributed by atoms with Crippen LogP contribution in [0, 0.1) is 0 Å². The number of hydrogen-bond donors (Lipinski definition) is 3. The third-order valence-electron chi connectivity index (χ3n) is 2.26. The Labute approximate surface area is 138 Å². The number of H-pyrrole nitrogens is 1. The van der Waals surface area contributed by atoms with Gasteiger partial charge < -0.3 is 16.2 Å². The van der Waals surface area contributed by atoms with Crippen LogP contribution in [-0.4, -0.2) is 16.6 Å². The van der Waals surface area contributed by atoms with Crippen molar-refractivity contribution >= 4 is 54.9 Å². The molecule has 7 nitrogen and oxygen atoms in total. The van der Waals surface area contributed by atoms with Gasteiger partial charge in [0.1, 0.15) is 11.5 Å². The molecule has 0 saturated carbocycles. The highest BCUT2D eigenvalue weighted by molar-refractivity contribution is 9.11. The highest BCUT2D eigenvalue weighted by Crippen LogP contribution is 2.42. The number of nitrogens with one attached hydrogen (secondary N) is 1. The van der Waals surface area contributed by atoms with Crippen LogP contribution in [0.15, 0.2) is 31.3 Å². The van der Waals surface area contributed by atoms with Crippen LogP contribution in [0.25, 0.3) is 0 Å². The van der Waals surface area contributed by atoms with Gasteiger partial charge in [0.05, 0.1) is 4.47 Å². The topological polar surface area (TPSA) is 115 Å². The van der Waals surface area contributed by atoms with Crippen molar-refractivity contribution in [3.8, 4) is 5.75 Å². The van der Waals surface area contributed by atoms with Gasteiger partial charge in [-0.3, -0.25) is 5.10 Å². The van der Waals surface area contributed by atoms with Crippen molar-refractivity contribution in [3.05, 3.63) is 21.1 Å². The number of aromatic amines is 1. The Hall–Kier alpha value is -1.82. The van der Waals surface area contributed by atoms with Crippen molar-refractivity contribution in [3.63, 3.8) is 0 Å². The molecule has 22 heavy (non-hydrogen) atoms. The zero-order chi connectivity index (χ0) is 16.5. The zero-order valence-corrected chi connectivity index (χ0v) is 13.6. The van der Waals surface area contributed by atoms with Gasteiger partial charge in [-0.25, -0.2) is 0 Å². The number of hydrogen-bond acceptors (Lipinski definition) is 6. The second kappa shape index (κ2) is 6.12. The van der Waals surface area contributed by atoms with Gasteiger partial charge in [-0.1, -0.05) is 15.9 Å². The molecule has 0 saturated heterocycles. The molecule has 0 aliphatic carbocycles. The lowest BCUT2D eigenvalue weighted by molar-refractivity contribution is -0.274. The number of nitrogens with two attached hydrogens (primary N) is 2. The van der Waals surface area contributed by atoms with E-state index in [1.165, 1.54) is 6.07 Å². The third-order valence-corrected chi connectivity index (χ3v) is 3.33. The van der Waals surface area contributed by atoms with Gasteiger partial charge in [0.15, 0.2) is 17.3 Å². The molecule has 0 unspecified atom stereocenters. The standard InChI is InChI=1S/C10H7Br2F3N6O/c11-3-1-4(12)6(5(2-3)22-10(13,14)15)18-19-7-8(16)20-21-9(7)17/h1-2H,(H5,16,17,20,21). The average Bonchev–Trinajstić information content (AvgIpc) is 2.66. The van der Waals surface area contributed by atoms with Gasteiger partial charge in [-0.05, 0) is 28.1 Å². The van der Waals surface area contributed by atoms with Gasteiger partial charge in [0, 0.05) is 4.47 Å². The van der Waals surface area contributed by atoms with Gasteiger partial charge in [-0.15, -0.1) is 23.4 Å². The minimum atomic E-state index is -4.88. The quantitative estimate of drug-likeness (QED) is 0.609. The smallest absolute Gasteiger partial charge is 0.403 e. The summed E-state index contributed by atoms with van der Waals surface area (Å²) in [6.07, 6.45) is -4.88. The van der Waals surface area contributed by atoms with E-state index >= 15 is 0 Å². The molecular weight excluding hydrogens is 437 g/mol. The van der Waals surface area contributed by atoms with Crippen molar-refractivity contribution in [2.75, 3.05) is 11.5 Å². The van der Waals surface area contributed by atoms with E-state index < -0.39 is 12.1 Å². The number of halogens is 5. The van der Waals surface area contributed by atoms with Crippen molar-refractivity contribution in [2.24, 2.45) is 10.2 Å². The number of anilines is 2. The molecule has 12 heteroatoms. The van der Waals surface area contributed by atoms with E-state index in [-0.39, 0.29) is 27.5 Å². The number of nitrogen functional groups attached to an aromatic ring is 2. The fourth-order valence-electron chi connectivity index (χ4n) is 1.41. The number of ether oxygens (including phenoxy) is 1. The third kappa shape index (κ3) is 3.88. The van der Waals surface area contributed by atoms with Crippen LogP contribution in [0.1, 0.15) is 0 Å². The SMILES string of the molecule is Nc1n[nH]c(N)c1N=Nc1c(Br)cc(Br)cc1OC(F)(F)F. The Balaban J connectivity index is 2.46. The Morgan fingerprint density at radius 3 is 2.32 bits per heavy atom. The minimum Gasteiger partial charge on any atom is -0.403 e. The Kier molecular flexibility index (Phi) is 4.60. The van der Waals surface area contributed by atoms with Gasteiger partial charge in [0.25, 0.3) is 0 Å².